The monoisotopic (exact) mass is 465 g/mol. The Kier molecular flexibility index (Phi) is 6.73. The molecule has 1 aliphatic heterocycles. The molecule has 2 heterocycles. The van der Waals surface area contributed by atoms with E-state index in [-0.39, 0.29) is 35.3 Å². The Labute approximate surface area is 189 Å². The Bertz CT molecular complexity index is 1080. The molecule has 0 aliphatic carbocycles. The Morgan fingerprint density at radius 3 is 2.22 bits per heavy atom. The van der Waals surface area contributed by atoms with Crippen LogP contribution in [0.15, 0.2) is 18.2 Å². The number of sulfone groups is 1. The number of ether oxygens (including phenoxy) is 3. The standard InChI is InChI=1S/C22H31N3O6S/c1-22(2,3)18-12-19(25(24-18)15-7-8-32(27,28)13-15)23-20(26)11-14-9-16(29-4)21(31-6)17(10-14)30-5/h9-10,12,15H,7-8,11,13H2,1-6H3,(H,23,26). The summed E-state index contributed by atoms with van der Waals surface area (Å²) >= 11 is 0. The van der Waals surface area contributed by atoms with Crippen LogP contribution >= 0.6 is 0 Å². The fraction of sp³-hybridized carbons (Fsp3) is 0.545. The molecule has 0 bridgehead atoms. The summed E-state index contributed by atoms with van der Waals surface area (Å²) < 4.78 is 41.7. The number of anilines is 1. The van der Waals surface area contributed by atoms with Crippen LogP contribution in [0.3, 0.4) is 0 Å². The van der Waals surface area contributed by atoms with Crippen molar-refractivity contribution in [2.75, 3.05) is 38.2 Å². The molecule has 0 spiro atoms. The van der Waals surface area contributed by atoms with Gasteiger partial charge in [0.25, 0.3) is 0 Å². The summed E-state index contributed by atoms with van der Waals surface area (Å²) in [5.74, 6) is 1.76. The molecular weight excluding hydrogens is 434 g/mol. The summed E-state index contributed by atoms with van der Waals surface area (Å²) in [7, 11) is 1.45. The van der Waals surface area contributed by atoms with Gasteiger partial charge in [0.2, 0.25) is 11.7 Å². The maximum Gasteiger partial charge on any atom is 0.229 e. The number of amides is 1. The number of methoxy groups -OCH3 is 3. The van der Waals surface area contributed by atoms with E-state index in [2.05, 4.69) is 10.4 Å². The van der Waals surface area contributed by atoms with Crippen LogP contribution in [0, 0.1) is 0 Å². The molecule has 2 aromatic rings. The lowest BCUT2D eigenvalue weighted by Gasteiger charge is -2.16. The second kappa shape index (κ2) is 9.01. The van der Waals surface area contributed by atoms with Crippen molar-refractivity contribution in [3.63, 3.8) is 0 Å². The Balaban J connectivity index is 1.87. The Morgan fingerprint density at radius 1 is 1.12 bits per heavy atom. The SMILES string of the molecule is COc1cc(CC(=O)Nc2cc(C(C)(C)C)nn2C2CCS(=O)(=O)C2)cc(OC)c1OC. The van der Waals surface area contributed by atoms with Crippen molar-refractivity contribution in [2.24, 2.45) is 0 Å². The van der Waals surface area contributed by atoms with Crippen LogP contribution in [0.2, 0.25) is 0 Å². The highest BCUT2D eigenvalue weighted by molar-refractivity contribution is 7.91. The molecule has 1 amide bonds. The van der Waals surface area contributed by atoms with Gasteiger partial charge >= 0.3 is 0 Å². The highest BCUT2D eigenvalue weighted by Crippen LogP contribution is 2.38. The quantitative estimate of drug-likeness (QED) is 0.670. The van der Waals surface area contributed by atoms with Crippen LogP contribution in [0.4, 0.5) is 5.82 Å². The van der Waals surface area contributed by atoms with E-state index < -0.39 is 9.84 Å². The highest BCUT2D eigenvalue weighted by Gasteiger charge is 2.33. The van der Waals surface area contributed by atoms with Gasteiger partial charge < -0.3 is 19.5 Å². The fourth-order valence-corrected chi connectivity index (χ4v) is 5.40. The van der Waals surface area contributed by atoms with Gasteiger partial charge in [-0.25, -0.2) is 13.1 Å². The minimum atomic E-state index is -3.10. The zero-order valence-electron chi connectivity index (χ0n) is 19.4. The first-order valence-electron chi connectivity index (χ1n) is 10.4. The average molecular weight is 466 g/mol. The lowest BCUT2D eigenvalue weighted by molar-refractivity contribution is -0.115. The van der Waals surface area contributed by atoms with Crippen molar-refractivity contribution in [3.05, 3.63) is 29.5 Å². The van der Waals surface area contributed by atoms with E-state index in [1.165, 1.54) is 21.3 Å². The van der Waals surface area contributed by atoms with Gasteiger partial charge in [-0.1, -0.05) is 20.8 Å². The second-order valence-electron chi connectivity index (χ2n) is 8.92. The van der Waals surface area contributed by atoms with Gasteiger partial charge in [-0.05, 0) is 24.1 Å². The zero-order chi connectivity index (χ0) is 23.7. The Hall–Kier alpha value is -2.75. The summed E-state index contributed by atoms with van der Waals surface area (Å²) in [6.07, 6.45) is 0.541. The molecule has 3 rings (SSSR count). The summed E-state index contributed by atoms with van der Waals surface area (Å²) in [5, 5.41) is 7.56. The summed E-state index contributed by atoms with van der Waals surface area (Å²) in [6.45, 7) is 6.06. The maximum atomic E-state index is 12.9. The third kappa shape index (κ3) is 5.17. The van der Waals surface area contributed by atoms with E-state index in [1.807, 2.05) is 26.8 Å². The van der Waals surface area contributed by atoms with Crippen molar-refractivity contribution in [2.45, 2.75) is 45.1 Å². The van der Waals surface area contributed by atoms with Crippen LogP contribution in [-0.4, -0.2) is 56.9 Å². The summed E-state index contributed by atoms with van der Waals surface area (Å²) in [5.41, 5.74) is 1.21. The topological polar surface area (TPSA) is 109 Å². The maximum absolute atomic E-state index is 12.9. The number of aromatic nitrogens is 2. The molecule has 32 heavy (non-hydrogen) atoms. The minimum Gasteiger partial charge on any atom is -0.493 e. The lowest BCUT2D eigenvalue weighted by Crippen LogP contribution is -2.21. The number of hydrogen-bond acceptors (Lipinski definition) is 7. The predicted octanol–water partition coefficient (Wildman–Crippen LogP) is 2.75. The van der Waals surface area contributed by atoms with Gasteiger partial charge in [-0.15, -0.1) is 0 Å². The lowest BCUT2D eigenvalue weighted by atomic mass is 9.92. The van der Waals surface area contributed by atoms with Gasteiger partial charge in [-0.3, -0.25) is 4.79 Å². The molecular formula is C22H31N3O6S. The number of carbonyl (C=O) groups excluding carboxylic acids is 1. The van der Waals surface area contributed by atoms with E-state index in [9.17, 15) is 13.2 Å². The molecule has 10 heteroatoms. The molecule has 0 radical (unpaired) electrons. The minimum absolute atomic E-state index is 0.0218. The van der Waals surface area contributed by atoms with E-state index in [0.29, 0.717) is 35.1 Å². The number of carbonyl (C=O) groups is 1. The van der Waals surface area contributed by atoms with Crippen LogP contribution in [-0.2, 0) is 26.5 Å². The molecule has 1 aliphatic rings. The fourth-order valence-electron chi connectivity index (χ4n) is 3.71. The smallest absolute Gasteiger partial charge is 0.229 e. The van der Waals surface area contributed by atoms with E-state index in [0.717, 1.165) is 5.69 Å². The van der Waals surface area contributed by atoms with Crippen molar-refractivity contribution in [3.8, 4) is 17.2 Å². The van der Waals surface area contributed by atoms with Gasteiger partial charge in [0.1, 0.15) is 5.82 Å². The molecule has 176 valence electrons. The molecule has 1 N–H and O–H groups in total. The van der Waals surface area contributed by atoms with Crippen LogP contribution in [0.5, 0.6) is 17.2 Å². The van der Waals surface area contributed by atoms with Gasteiger partial charge in [0, 0.05) is 11.5 Å². The molecule has 1 atom stereocenters. The van der Waals surface area contributed by atoms with Crippen LogP contribution in [0.25, 0.3) is 0 Å². The normalized spacial score (nSPS) is 17.8. The first kappa shape index (κ1) is 23.9. The number of hydrogen-bond donors (Lipinski definition) is 1. The van der Waals surface area contributed by atoms with Crippen molar-refractivity contribution < 1.29 is 27.4 Å². The third-order valence-electron chi connectivity index (χ3n) is 5.42. The van der Waals surface area contributed by atoms with Gasteiger partial charge in [0.05, 0.1) is 51.0 Å². The van der Waals surface area contributed by atoms with E-state index >= 15 is 0 Å². The molecule has 1 fully saturated rings. The molecule has 9 nitrogen and oxygen atoms in total. The van der Waals surface area contributed by atoms with Crippen molar-refractivity contribution in [1.29, 1.82) is 0 Å². The molecule has 1 aromatic heterocycles. The number of nitrogens with zero attached hydrogens (tertiary/aromatic N) is 2. The van der Waals surface area contributed by atoms with Crippen molar-refractivity contribution in [1.82, 2.24) is 9.78 Å². The van der Waals surface area contributed by atoms with Crippen LogP contribution in [0.1, 0.15) is 44.5 Å². The third-order valence-corrected chi connectivity index (χ3v) is 7.17. The average Bonchev–Trinajstić information content (AvgIpc) is 3.29. The highest BCUT2D eigenvalue weighted by atomic mass is 32.2. The molecule has 1 aromatic carbocycles. The first-order chi connectivity index (χ1) is 15.0. The molecule has 1 unspecified atom stereocenters. The predicted molar refractivity (Wildman–Crippen MR) is 122 cm³/mol. The zero-order valence-corrected chi connectivity index (χ0v) is 20.2. The summed E-state index contributed by atoms with van der Waals surface area (Å²) in [4.78, 5) is 12.9. The van der Waals surface area contributed by atoms with Gasteiger partial charge in [0.15, 0.2) is 21.3 Å². The molecule has 0 saturated carbocycles. The summed E-state index contributed by atoms with van der Waals surface area (Å²) in [6, 6.07) is 4.97. The number of nitrogens with one attached hydrogen (secondary N) is 1. The van der Waals surface area contributed by atoms with E-state index in [4.69, 9.17) is 14.2 Å². The van der Waals surface area contributed by atoms with Crippen molar-refractivity contribution >= 4 is 21.6 Å². The van der Waals surface area contributed by atoms with Crippen LogP contribution < -0.4 is 19.5 Å². The van der Waals surface area contributed by atoms with Gasteiger partial charge in [-0.2, -0.15) is 5.10 Å². The first-order valence-corrected chi connectivity index (χ1v) is 12.2. The second-order valence-corrected chi connectivity index (χ2v) is 11.2. The number of rotatable bonds is 7. The Morgan fingerprint density at radius 2 is 1.75 bits per heavy atom. The molecule has 1 saturated heterocycles. The van der Waals surface area contributed by atoms with E-state index in [1.54, 1.807) is 16.8 Å². The number of benzene rings is 1. The largest absolute Gasteiger partial charge is 0.493 e.